The average molecular weight is 298 g/mol. The fraction of sp³-hybridized carbons (Fsp3) is 0.474. The first kappa shape index (κ1) is 13.9. The van der Waals surface area contributed by atoms with Gasteiger partial charge < -0.3 is 14.6 Å². The van der Waals surface area contributed by atoms with Crippen molar-refractivity contribution in [2.24, 2.45) is 5.41 Å². The first-order valence-corrected chi connectivity index (χ1v) is 8.03. The van der Waals surface area contributed by atoms with E-state index >= 15 is 0 Å². The Kier molecular flexibility index (Phi) is 3.08. The summed E-state index contributed by atoms with van der Waals surface area (Å²) in [6.07, 6.45) is 5.55. The van der Waals surface area contributed by atoms with Crippen molar-refractivity contribution in [3.8, 4) is 5.75 Å². The van der Waals surface area contributed by atoms with E-state index in [2.05, 4.69) is 19.1 Å². The van der Waals surface area contributed by atoms with Crippen LogP contribution in [0.3, 0.4) is 0 Å². The molecule has 116 valence electrons. The number of allylic oxidation sites excluding steroid dienone is 2. The van der Waals surface area contributed by atoms with E-state index in [1.165, 1.54) is 27.8 Å². The molecule has 3 aliphatic rings. The maximum atomic E-state index is 10.4. The number of benzene rings is 1. The van der Waals surface area contributed by atoms with Gasteiger partial charge in [0.1, 0.15) is 12.4 Å². The normalized spacial score (nSPS) is 29.8. The van der Waals surface area contributed by atoms with E-state index in [9.17, 15) is 5.11 Å². The maximum absolute atomic E-state index is 10.4. The number of fused-ring (bicyclic) bond motifs is 4. The van der Waals surface area contributed by atoms with Crippen LogP contribution in [0.25, 0.3) is 5.57 Å². The SMILES string of the molecule is COc1ccc2c(c1)CCC1=C2CC[C@@]2(C)C1=COC[C@@H]2O. The van der Waals surface area contributed by atoms with Gasteiger partial charge in [-0.3, -0.25) is 0 Å². The van der Waals surface area contributed by atoms with Gasteiger partial charge in [0.25, 0.3) is 0 Å². The van der Waals surface area contributed by atoms with E-state index in [0.29, 0.717) is 6.61 Å². The number of aliphatic hydroxyl groups excluding tert-OH is 1. The smallest absolute Gasteiger partial charge is 0.119 e. The summed E-state index contributed by atoms with van der Waals surface area (Å²) in [7, 11) is 1.72. The standard InChI is InChI=1S/C19H22O3/c1-19-8-7-15-14-6-4-13(21-2)9-12(14)3-5-16(15)17(19)10-22-11-18(19)20/h4,6,9-10,18,20H,3,5,7-8,11H2,1-2H3/t18-,19-/m0/s1. The molecule has 1 N–H and O–H groups in total. The van der Waals surface area contributed by atoms with Gasteiger partial charge in [-0.05, 0) is 65.7 Å². The van der Waals surface area contributed by atoms with Gasteiger partial charge in [0.05, 0.1) is 19.5 Å². The third-order valence-corrected chi connectivity index (χ3v) is 5.67. The number of hydrogen-bond acceptors (Lipinski definition) is 3. The predicted octanol–water partition coefficient (Wildman–Crippen LogP) is 3.47. The van der Waals surface area contributed by atoms with Crippen LogP contribution in [0.5, 0.6) is 5.75 Å². The molecule has 22 heavy (non-hydrogen) atoms. The van der Waals surface area contributed by atoms with Gasteiger partial charge >= 0.3 is 0 Å². The van der Waals surface area contributed by atoms with Crippen LogP contribution in [0.2, 0.25) is 0 Å². The lowest BCUT2D eigenvalue weighted by atomic mass is 9.62. The van der Waals surface area contributed by atoms with Gasteiger partial charge in [-0.15, -0.1) is 0 Å². The van der Waals surface area contributed by atoms with Crippen LogP contribution < -0.4 is 4.74 Å². The van der Waals surface area contributed by atoms with Crippen LogP contribution in [0.15, 0.2) is 35.6 Å². The Morgan fingerprint density at radius 1 is 1.23 bits per heavy atom. The van der Waals surface area contributed by atoms with Crippen LogP contribution in [-0.4, -0.2) is 24.9 Å². The number of aliphatic hydroxyl groups is 1. The minimum absolute atomic E-state index is 0.152. The van der Waals surface area contributed by atoms with Crippen LogP contribution >= 0.6 is 0 Å². The Morgan fingerprint density at radius 3 is 2.91 bits per heavy atom. The zero-order valence-electron chi connectivity index (χ0n) is 13.2. The van der Waals surface area contributed by atoms with Crippen molar-refractivity contribution in [2.75, 3.05) is 13.7 Å². The molecule has 4 rings (SSSR count). The Hall–Kier alpha value is -1.74. The van der Waals surface area contributed by atoms with Crippen molar-refractivity contribution in [3.63, 3.8) is 0 Å². The molecule has 0 radical (unpaired) electrons. The molecule has 1 aromatic carbocycles. The Bertz CT molecular complexity index is 686. The quantitative estimate of drug-likeness (QED) is 0.863. The molecule has 1 aliphatic heterocycles. The largest absolute Gasteiger partial charge is 0.498 e. The summed E-state index contributed by atoms with van der Waals surface area (Å²) >= 11 is 0. The second-order valence-corrected chi connectivity index (χ2v) is 6.78. The monoisotopic (exact) mass is 298 g/mol. The molecule has 2 aliphatic carbocycles. The number of ether oxygens (including phenoxy) is 2. The van der Waals surface area contributed by atoms with E-state index in [-0.39, 0.29) is 5.41 Å². The van der Waals surface area contributed by atoms with Crippen LogP contribution in [-0.2, 0) is 11.2 Å². The second-order valence-electron chi connectivity index (χ2n) is 6.78. The molecular formula is C19H22O3. The minimum atomic E-state index is -0.404. The van der Waals surface area contributed by atoms with Gasteiger partial charge in [0.2, 0.25) is 0 Å². The Morgan fingerprint density at radius 2 is 2.09 bits per heavy atom. The van der Waals surface area contributed by atoms with E-state index in [4.69, 9.17) is 9.47 Å². The van der Waals surface area contributed by atoms with Crippen LogP contribution in [0, 0.1) is 5.41 Å². The summed E-state index contributed by atoms with van der Waals surface area (Å²) in [5, 5.41) is 10.4. The summed E-state index contributed by atoms with van der Waals surface area (Å²) in [6, 6.07) is 6.39. The summed E-state index contributed by atoms with van der Waals surface area (Å²) in [4.78, 5) is 0. The molecule has 0 saturated carbocycles. The number of hydrogen-bond donors (Lipinski definition) is 1. The second kappa shape index (κ2) is 4.88. The molecule has 0 spiro atoms. The number of aryl methyl sites for hydroxylation is 1. The lowest BCUT2D eigenvalue weighted by Gasteiger charge is -2.45. The zero-order chi connectivity index (χ0) is 15.3. The Balaban J connectivity index is 1.83. The van der Waals surface area contributed by atoms with Crippen molar-refractivity contribution >= 4 is 5.57 Å². The van der Waals surface area contributed by atoms with Crippen LogP contribution in [0.1, 0.15) is 37.3 Å². The molecule has 0 saturated heterocycles. The van der Waals surface area contributed by atoms with Gasteiger partial charge in [0.15, 0.2) is 0 Å². The summed E-state index contributed by atoms with van der Waals surface area (Å²) < 4.78 is 10.9. The molecule has 0 unspecified atom stereocenters. The molecule has 2 atom stereocenters. The topological polar surface area (TPSA) is 38.7 Å². The lowest BCUT2D eigenvalue weighted by Crippen LogP contribution is -2.43. The minimum Gasteiger partial charge on any atom is -0.498 e. The maximum Gasteiger partial charge on any atom is 0.119 e. The van der Waals surface area contributed by atoms with Gasteiger partial charge in [0, 0.05) is 5.41 Å². The van der Waals surface area contributed by atoms with E-state index in [1.54, 1.807) is 7.11 Å². The highest BCUT2D eigenvalue weighted by molar-refractivity contribution is 5.79. The summed E-state index contributed by atoms with van der Waals surface area (Å²) in [5.74, 6) is 0.930. The highest BCUT2D eigenvalue weighted by Gasteiger charge is 2.45. The highest BCUT2D eigenvalue weighted by Crippen LogP contribution is 2.53. The van der Waals surface area contributed by atoms with Crippen molar-refractivity contribution in [3.05, 3.63) is 46.7 Å². The fourth-order valence-electron chi connectivity index (χ4n) is 4.18. The van der Waals surface area contributed by atoms with E-state index in [0.717, 1.165) is 31.4 Å². The molecule has 3 nitrogen and oxygen atoms in total. The summed E-state index contributed by atoms with van der Waals surface area (Å²) in [5.41, 5.74) is 6.62. The van der Waals surface area contributed by atoms with Crippen molar-refractivity contribution < 1.29 is 14.6 Å². The molecular weight excluding hydrogens is 276 g/mol. The van der Waals surface area contributed by atoms with Gasteiger partial charge in [-0.1, -0.05) is 13.0 Å². The third kappa shape index (κ3) is 1.85. The molecule has 3 heteroatoms. The van der Waals surface area contributed by atoms with Crippen molar-refractivity contribution in [1.29, 1.82) is 0 Å². The molecule has 0 bridgehead atoms. The van der Waals surface area contributed by atoms with E-state index < -0.39 is 6.10 Å². The lowest BCUT2D eigenvalue weighted by molar-refractivity contribution is -0.0167. The molecule has 1 heterocycles. The average Bonchev–Trinajstić information content (AvgIpc) is 2.55. The molecule has 0 aromatic heterocycles. The Labute approximate surface area is 131 Å². The predicted molar refractivity (Wildman–Crippen MR) is 85.6 cm³/mol. The molecule has 0 amide bonds. The van der Waals surface area contributed by atoms with Crippen LogP contribution in [0.4, 0.5) is 0 Å². The first-order chi connectivity index (χ1) is 10.6. The molecule has 0 fully saturated rings. The fourth-order valence-corrected chi connectivity index (χ4v) is 4.18. The highest BCUT2D eigenvalue weighted by atomic mass is 16.5. The number of methoxy groups -OCH3 is 1. The first-order valence-electron chi connectivity index (χ1n) is 8.03. The third-order valence-electron chi connectivity index (χ3n) is 5.67. The van der Waals surface area contributed by atoms with Crippen molar-refractivity contribution in [1.82, 2.24) is 0 Å². The summed E-state index contributed by atoms with van der Waals surface area (Å²) in [6.45, 7) is 2.59. The van der Waals surface area contributed by atoms with E-state index in [1.807, 2.05) is 12.3 Å². The van der Waals surface area contributed by atoms with Crippen molar-refractivity contribution in [2.45, 2.75) is 38.7 Å². The zero-order valence-corrected chi connectivity index (χ0v) is 13.2. The van der Waals surface area contributed by atoms with Gasteiger partial charge in [-0.2, -0.15) is 0 Å². The van der Waals surface area contributed by atoms with Gasteiger partial charge in [-0.25, -0.2) is 0 Å². The number of rotatable bonds is 1. The molecule has 1 aromatic rings.